The van der Waals surface area contributed by atoms with Gasteiger partial charge in [-0.2, -0.15) is 0 Å². The molecule has 1 unspecified atom stereocenters. The molecule has 0 radical (unpaired) electrons. The molecule has 0 N–H and O–H groups in total. The number of nitro benzene ring substituents is 1. The summed E-state index contributed by atoms with van der Waals surface area (Å²) in [7, 11) is 0. The van der Waals surface area contributed by atoms with E-state index in [1.807, 2.05) is 13.8 Å². The van der Waals surface area contributed by atoms with Crippen LogP contribution in [0.15, 0.2) is 18.2 Å². The van der Waals surface area contributed by atoms with Gasteiger partial charge >= 0.3 is 0 Å². The van der Waals surface area contributed by atoms with E-state index in [1.165, 1.54) is 13.0 Å². The number of benzene rings is 1. The lowest BCUT2D eigenvalue weighted by Crippen LogP contribution is -2.20. The smallest absolute Gasteiger partial charge is 0.274 e. The highest BCUT2D eigenvalue weighted by Crippen LogP contribution is 2.30. The van der Waals surface area contributed by atoms with E-state index in [1.54, 1.807) is 12.1 Å². The molecule has 0 aliphatic heterocycles. The molecular weight excluding hydrogens is 254 g/mol. The average molecular weight is 270 g/mol. The molecule has 0 amide bonds. The molecule has 0 bridgehead atoms. The van der Waals surface area contributed by atoms with Crippen molar-refractivity contribution >= 4 is 23.1 Å². The molecular formula is C13H16ClNO3. The normalized spacial score (nSPS) is 12.5. The maximum Gasteiger partial charge on any atom is 0.274 e. The van der Waals surface area contributed by atoms with E-state index in [0.29, 0.717) is 17.0 Å². The van der Waals surface area contributed by atoms with Gasteiger partial charge in [0.2, 0.25) is 0 Å². The molecule has 0 fully saturated rings. The molecule has 0 aromatic heterocycles. The zero-order valence-corrected chi connectivity index (χ0v) is 11.4. The minimum Gasteiger partial charge on any atom is -0.300 e. The molecule has 1 rings (SSSR count). The van der Waals surface area contributed by atoms with Crippen molar-refractivity contribution < 1.29 is 9.72 Å². The molecule has 4 nitrogen and oxygen atoms in total. The molecule has 0 heterocycles. The van der Waals surface area contributed by atoms with E-state index in [9.17, 15) is 14.9 Å². The van der Waals surface area contributed by atoms with Crippen LogP contribution in [-0.4, -0.2) is 10.7 Å². The molecule has 98 valence electrons. The Hall–Kier alpha value is -1.42. The van der Waals surface area contributed by atoms with Crippen LogP contribution in [0.3, 0.4) is 0 Å². The summed E-state index contributed by atoms with van der Waals surface area (Å²) >= 11 is 6.01. The summed E-state index contributed by atoms with van der Waals surface area (Å²) in [6, 6.07) is 4.57. The zero-order valence-electron chi connectivity index (χ0n) is 10.6. The first kappa shape index (κ1) is 14.6. The Kier molecular flexibility index (Phi) is 4.84. The standard InChI is InChI=1S/C13H16ClNO3/c1-8(2)10(9(3)16)7-11-12(14)5-4-6-13(11)15(17)18/h4-6,8,10H,7H2,1-3H3. The summed E-state index contributed by atoms with van der Waals surface area (Å²) in [5.41, 5.74) is 0.424. The molecule has 0 aliphatic carbocycles. The van der Waals surface area contributed by atoms with Gasteiger partial charge in [-0.1, -0.05) is 31.5 Å². The predicted molar refractivity (Wildman–Crippen MR) is 70.8 cm³/mol. The highest BCUT2D eigenvalue weighted by atomic mass is 35.5. The van der Waals surface area contributed by atoms with E-state index in [0.717, 1.165) is 0 Å². The molecule has 1 aromatic carbocycles. The first-order valence-electron chi connectivity index (χ1n) is 5.76. The highest BCUT2D eigenvalue weighted by Gasteiger charge is 2.25. The van der Waals surface area contributed by atoms with Crippen molar-refractivity contribution in [2.75, 3.05) is 0 Å². The number of halogens is 1. The molecule has 1 aromatic rings. The second-order valence-electron chi connectivity index (χ2n) is 4.66. The number of carbonyl (C=O) groups is 1. The quantitative estimate of drug-likeness (QED) is 0.605. The van der Waals surface area contributed by atoms with Crippen LogP contribution in [-0.2, 0) is 11.2 Å². The van der Waals surface area contributed by atoms with Crippen molar-refractivity contribution in [3.63, 3.8) is 0 Å². The Morgan fingerprint density at radius 1 is 1.44 bits per heavy atom. The lowest BCUT2D eigenvalue weighted by molar-refractivity contribution is -0.385. The van der Waals surface area contributed by atoms with E-state index in [4.69, 9.17) is 11.6 Å². The third-order valence-electron chi connectivity index (χ3n) is 3.04. The molecule has 1 atom stereocenters. The van der Waals surface area contributed by atoms with Gasteiger partial charge in [0.15, 0.2) is 0 Å². The van der Waals surface area contributed by atoms with Gasteiger partial charge < -0.3 is 0 Å². The Bertz CT molecular complexity index is 471. The second-order valence-corrected chi connectivity index (χ2v) is 5.07. The van der Waals surface area contributed by atoms with E-state index in [-0.39, 0.29) is 23.3 Å². The molecule has 0 saturated carbocycles. The van der Waals surface area contributed by atoms with Crippen molar-refractivity contribution in [2.24, 2.45) is 11.8 Å². The fraction of sp³-hybridized carbons (Fsp3) is 0.462. The van der Waals surface area contributed by atoms with Crippen LogP contribution in [0.25, 0.3) is 0 Å². The number of nitrogens with zero attached hydrogens (tertiary/aromatic N) is 1. The summed E-state index contributed by atoms with van der Waals surface area (Å²) in [4.78, 5) is 22.1. The maximum absolute atomic E-state index is 11.6. The van der Waals surface area contributed by atoms with Gasteiger partial charge in [0.05, 0.1) is 9.95 Å². The van der Waals surface area contributed by atoms with Crippen molar-refractivity contribution in [3.05, 3.63) is 38.9 Å². The number of nitro groups is 1. The van der Waals surface area contributed by atoms with Crippen LogP contribution in [0.4, 0.5) is 5.69 Å². The third-order valence-corrected chi connectivity index (χ3v) is 3.40. The Balaban J connectivity index is 3.16. The fourth-order valence-corrected chi connectivity index (χ4v) is 2.24. The number of hydrogen-bond donors (Lipinski definition) is 0. The van der Waals surface area contributed by atoms with Crippen LogP contribution in [0.5, 0.6) is 0 Å². The lowest BCUT2D eigenvalue weighted by Gasteiger charge is -2.18. The topological polar surface area (TPSA) is 60.2 Å². The lowest BCUT2D eigenvalue weighted by atomic mass is 9.86. The summed E-state index contributed by atoms with van der Waals surface area (Å²) in [6.45, 7) is 5.36. The minimum absolute atomic E-state index is 0.0191. The first-order valence-corrected chi connectivity index (χ1v) is 6.14. The molecule has 5 heteroatoms. The SMILES string of the molecule is CC(=O)C(Cc1c(Cl)cccc1[N+](=O)[O-])C(C)C. The van der Waals surface area contributed by atoms with E-state index < -0.39 is 4.92 Å². The van der Waals surface area contributed by atoms with Crippen LogP contribution < -0.4 is 0 Å². The van der Waals surface area contributed by atoms with Crippen LogP contribution in [0, 0.1) is 22.0 Å². The van der Waals surface area contributed by atoms with E-state index in [2.05, 4.69) is 0 Å². The monoisotopic (exact) mass is 269 g/mol. The third kappa shape index (κ3) is 3.29. The molecule has 18 heavy (non-hydrogen) atoms. The van der Waals surface area contributed by atoms with E-state index >= 15 is 0 Å². The average Bonchev–Trinajstić information content (AvgIpc) is 2.25. The van der Waals surface area contributed by atoms with Crippen molar-refractivity contribution in [2.45, 2.75) is 27.2 Å². The van der Waals surface area contributed by atoms with Gasteiger partial charge in [-0.25, -0.2) is 0 Å². The Morgan fingerprint density at radius 3 is 2.50 bits per heavy atom. The summed E-state index contributed by atoms with van der Waals surface area (Å²) in [5.74, 6) is -0.0961. The summed E-state index contributed by atoms with van der Waals surface area (Å²) in [6.07, 6.45) is 0.309. The van der Waals surface area contributed by atoms with Gasteiger partial charge in [-0.05, 0) is 25.3 Å². The number of Topliss-reactive ketones (excluding diaryl/α,β-unsaturated/α-hetero) is 1. The highest BCUT2D eigenvalue weighted by molar-refractivity contribution is 6.31. The minimum atomic E-state index is -0.460. The van der Waals surface area contributed by atoms with Gasteiger partial charge in [0, 0.05) is 17.5 Å². The number of ketones is 1. The maximum atomic E-state index is 11.6. The Labute approximate surface area is 111 Å². The van der Waals surface area contributed by atoms with Gasteiger partial charge in [0.25, 0.3) is 5.69 Å². The Morgan fingerprint density at radius 2 is 2.06 bits per heavy atom. The van der Waals surface area contributed by atoms with Crippen LogP contribution in [0.2, 0.25) is 5.02 Å². The predicted octanol–water partition coefficient (Wildman–Crippen LogP) is 3.65. The molecule has 0 aliphatic rings. The van der Waals surface area contributed by atoms with Gasteiger partial charge in [-0.15, -0.1) is 0 Å². The zero-order chi connectivity index (χ0) is 13.9. The number of hydrogen-bond acceptors (Lipinski definition) is 3. The fourth-order valence-electron chi connectivity index (χ4n) is 1.99. The molecule has 0 spiro atoms. The summed E-state index contributed by atoms with van der Waals surface area (Å²) in [5, 5.41) is 11.3. The van der Waals surface area contributed by atoms with Crippen LogP contribution >= 0.6 is 11.6 Å². The van der Waals surface area contributed by atoms with Crippen molar-refractivity contribution in [1.82, 2.24) is 0 Å². The van der Waals surface area contributed by atoms with Crippen LogP contribution in [0.1, 0.15) is 26.3 Å². The summed E-state index contributed by atoms with van der Waals surface area (Å²) < 4.78 is 0. The van der Waals surface area contributed by atoms with Crippen molar-refractivity contribution in [1.29, 1.82) is 0 Å². The largest absolute Gasteiger partial charge is 0.300 e. The second kappa shape index (κ2) is 5.96. The molecule has 0 saturated heterocycles. The van der Waals surface area contributed by atoms with Gasteiger partial charge in [-0.3, -0.25) is 14.9 Å². The number of carbonyl (C=O) groups excluding carboxylic acids is 1. The van der Waals surface area contributed by atoms with Crippen molar-refractivity contribution in [3.8, 4) is 0 Å². The van der Waals surface area contributed by atoms with Gasteiger partial charge in [0.1, 0.15) is 5.78 Å². The number of rotatable bonds is 5. The first-order chi connectivity index (χ1) is 8.34.